The Balaban J connectivity index is 1.54. The maximum absolute atomic E-state index is 4.72. The highest BCUT2D eigenvalue weighted by Gasteiger charge is 2.24. The third-order valence-corrected chi connectivity index (χ3v) is 4.95. The Hall–Kier alpha value is -1.23. The molecule has 3 rings (SSSR count). The van der Waals surface area contributed by atoms with Crippen molar-refractivity contribution in [2.24, 2.45) is 0 Å². The fourth-order valence-corrected chi connectivity index (χ4v) is 3.69. The quantitative estimate of drug-likeness (QED) is 0.888. The second kappa shape index (κ2) is 7.16. The van der Waals surface area contributed by atoms with Crippen molar-refractivity contribution in [3.8, 4) is 0 Å². The van der Waals surface area contributed by atoms with Gasteiger partial charge >= 0.3 is 0 Å². The molecule has 3 nitrogen and oxygen atoms in total. The summed E-state index contributed by atoms with van der Waals surface area (Å²) in [6.45, 7) is 7.35. The first-order chi connectivity index (χ1) is 10.3. The zero-order valence-electron chi connectivity index (χ0n) is 12.6. The van der Waals surface area contributed by atoms with Crippen LogP contribution in [0.25, 0.3) is 0 Å². The number of rotatable bonds is 6. The fourth-order valence-electron chi connectivity index (χ4n) is 2.94. The van der Waals surface area contributed by atoms with Gasteiger partial charge in [0.05, 0.1) is 5.69 Å². The van der Waals surface area contributed by atoms with Crippen molar-refractivity contribution in [1.29, 1.82) is 0 Å². The number of hydrogen-bond donors (Lipinski definition) is 1. The molecular formula is C17H23N3S. The first-order valence-electron chi connectivity index (χ1n) is 7.76. The number of benzene rings is 1. The summed E-state index contributed by atoms with van der Waals surface area (Å²) in [5.74, 6) is 0.686. The Morgan fingerprint density at radius 1 is 1.33 bits per heavy atom. The van der Waals surface area contributed by atoms with E-state index in [2.05, 4.69) is 52.9 Å². The van der Waals surface area contributed by atoms with Crippen molar-refractivity contribution in [3.05, 3.63) is 52.0 Å². The second-order valence-electron chi connectivity index (χ2n) is 5.64. The van der Waals surface area contributed by atoms with Gasteiger partial charge in [-0.3, -0.25) is 4.90 Å². The number of aromatic nitrogens is 1. The van der Waals surface area contributed by atoms with Gasteiger partial charge in [-0.1, -0.05) is 37.3 Å². The molecule has 1 fully saturated rings. The van der Waals surface area contributed by atoms with Gasteiger partial charge in [0.2, 0.25) is 0 Å². The Kier molecular flexibility index (Phi) is 5.01. The Bertz CT molecular complexity index is 552. The zero-order chi connectivity index (χ0) is 14.5. The van der Waals surface area contributed by atoms with Crippen LogP contribution in [0, 0.1) is 0 Å². The van der Waals surface area contributed by atoms with E-state index in [9.17, 15) is 0 Å². The van der Waals surface area contributed by atoms with Crippen LogP contribution in [0.4, 0.5) is 0 Å². The summed E-state index contributed by atoms with van der Waals surface area (Å²) >= 11 is 1.77. The molecule has 2 heterocycles. The van der Waals surface area contributed by atoms with Crippen molar-refractivity contribution in [3.63, 3.8) is 0 Å². The highest BCUT2D eigenvalue weighted by atomic mass is 32.1. The third kappa shape index (κ3) is 3.90. The van der Waals surface area contributed by atoms with E-state index in [4.69, 9.17) is 4.98 Å². The number of thiazole rings is 1. The molecule has 1 N–H and O–H groups in total. The molecule has 0 radical (unpaired) electrons. The van der Waals surface area contributed by atoms with E-state index in [1.807, 2.05) is 0 Å². The van der Waals surface area contributed by atoms with E-state index in [1.165, 1.54) is 29.2 Å². The molecule has 0 amide bonds. The van der Waals surface area contributed by atoms with E-state index in [-0.39, 0.29) is 0 Å². The van der Waals surface area contributed by atoms with Crippen LogP contribution in [0.1, 0.15) is 35.5 Å². The summed E-state index contributed by atoms with van der Waals surface area (Å²) in [6.07, 6.45) is 1.26. The summed E-state index contributed by atoms with van der Waals surface area (Å²) in [7, 11) is 0. The molecular weight excluding hydrogens is 278 g/mol. The molecule has 21 heavy (non-hydrogen) atoms. The molecule has 0 saturated carbocycles. The van der Waals surface area contributed by atoms with Gasteiger partial charge in [-0.2, -0.15) is 0 Å². The van der Waals surface area contributed by atoms with Crippen molar-refractivity contribution < 1.29 is 0 Å². The first kappa shape index (κ1) is 14.7. The van der Waals surface area contributed by atoms with Crippen LogP contribution in [-0.4, -0.2) is 29.5 Å². The van der Waals surface area contributed by atoms with Crippen molar-refractivity contribution in [1.82, 2.24) is 15.2 Å². The maximum atomic E-state index is 4.72. The van der Waals surface area contributed by atoms with E-state index >= 15 is 0 Å². The minimum Gasteiger partial charge on any atom is -0.311 e. The van der Waals surface area contributed by atoms with Crippen LogP contribution in [0.15, 0.2) is 35.7 Å². The molecule has 1 saturated heterocycles. The molecule has 0 spiro atoms. The van der Waals surface area contributed by atoms with Crippen LogP contribution in [0.3, 0.4) is 0 Å². The molecule has 112 valence electrons. The highest BCUT2D eigenvalue weighted by molar-refractivity contribution is 7.09. The van der Waals surface area contributed by atoms with Crippen LogP contribution in [0.2, 0.25) is 0 Å². The number of hydrogen-bond acceptors (Lipinski definition) is 4. The Labute approximate surface area is 131 Å². The number of nitrogens with zero attached hydrogens (tertiary/aromatic N) is 2. The zero-order valence-corrected chi connectivity index (χ0v) is 13.4. The maximum Gasteiger partial charge on any atom is 0.107 e. The normalized spacial score (nSPS) is 19.2. The largest absolute Gasteiger partial charge is 0.311 e. The lowest BCUT2D eigenvalue weighted by Gasteiger charge is -2.14. The van der Waals surface area contributed by atoms with Gasteiger partial charge < -0.3 is 5.32 Å². The number of likely N-dealkylation sites (tertiary alicyclic amines) is 1. The average molecular weight is 301 g/mol. The van der Waals surface area contributed by atoms with Crippen molar-refractivity contribution >= 4 is 11.3 Å². The second-order valence-corrected chi connectivity index (χ2v) is 6.59. The molecule has 4 heteroatoms. The molecule has 2 aromatic rings. The minimum absolute atomic E-state index is 0.686. The van der Waals surface area contributed by atoms with Gasteiger partial charge in [-0.15, -0.1) is 11.3 Å². The summed E-state index contributed by atoms with van der Waals surface area (Å²) in [5.41, 5.74) is 2.70. The molecule has 1 atom stereocenters. The van der Waals surface area contributed by atoms with Gasteiger partial charge in [-0.05, 0) is 31.0 Å². The minimum atomic E-state index is 0.686. The Morgan fingerprint density at radius 2 is 2.19 bits per heavy atom. The monoisotopic (exact) mass is 301 g/mol. The Morgan fingerprint density at radius 3 is 3.00 bits per heavy atom. The fraction of sp³-hybridized carbons (Fsp3) is 0.471. The summed E-state index contributed by atoms with van der Waals surface area (Å²) < 4.78 is 0. The molecule has 0 bridgehead atoms. The van der Waals surface area contributed by atoms with E-state index < -0.39 is 0 Å². The lowest BCUT2D eigenvalue weighted by Crippen LogP contribution is -2.20. The van der Waals surface area contributed by atoms with Crippen LogP contribution >= 0.6 is 11.3 Å². The molecule has 0 aliphatic carbocycles. The third-order valence-electron chi connectivity index (χ3n) is 4.05. The van der Waals surface area contributed by atoms with E-state index in [0.717, 1.165) is 26.2 Å². The average Bonchev–Trinajstić information content (AvgIpc) is 3.16. The van der Waals surface area contributed by atoms with Crippen LogP contribution < -0.4 is 5.32 Å². The van der Waals surface area contributed by atoms with Crippen LogP contribution in [-0.2, 0) is 13.1 Å². The van der Waals surface area contributed by atoms with Gasteiger partial charge in [0.1, 0.15) is 5.01 Å². The van der Waals surface area contributed by atoms with Crippen LogP contribution in [0.5, 0.6) is 0 Å². The SMILES string of the molecule is CCNCc1nc(CN2CCC(c3ccccc3)C2)cs1. The molecule has 1 aromatic heterocycles. The standard InChI is InChI=1S/C17H23N3S/c1-2-18-10-17-19-16(13-21-17)12-20-9-8-15(11-20)14-6-4-3-5-7-14/h3-7,13,15,18H,2,8-12H2,1H3. The van der Waals surface area contributed by atoms with Gasteiger partial charge in [0.25, 0.3) is 0 Å². The van der Waals surface area contributed by atoms with Crippen molar-refractivity contribution in [2.45, 2.75) is 32.4 Å². The summed E-state index contributed by atoms with van der Waals surface area (Å²) in [5, 5.41) is 6.74. The predicted octanol–water partition coefficient (Wildman–Crippen LogP) is 3.24. The molecule has 1 aromatic carbocycles. The lowest BCUT2D eigenvalue weighted by molar-refractivity contribution is 0.323. The van der Waals surface area contributed by atoms with E-state index in [1.54, 1.807) is 11.3 Å². The summed E-state index contributed by atoms with van der Waals surface area (Å²) in [6, 6.07) is 10.9. The number of nitrogens with one attached hydrogen (secondary N) is 1. The van der Waals surface area contributed by atoms with Gasteiger partial charge in [-0.25, -0.2) is 4.98 Å². The van der Waals surface area contributed by atoms with Gasteiger partial charge in [0, 0.05) is 25.0 Å². The highest BCUT2D eigenvalue weighted by Crippen LogP contribution is 2.28. The molecule has 1 unspecified atom stereocenters. The topological polar surface area (TPSA) is 28.2 Å². The molecule has 1 aliphatic heterocycles. The summed E-state index contributed by atoms with van der Waals surface area (Å²) in [4.78, 5) is 7.25. The van der Waals surface area contributed by atoms with Crippen molar-refractivity contribution in [2.75, 3.05) is 19.6 Å². The molecule has 1 aliphatic rings. The van der Waals surface area contributed by atoms with Gasteiger partial charge in [0.15, 0.2) is 0 Å². The smallest absolute Gasteiger partial charge is 0.107 e. The van der Waals surface area contributed by atoms with E-state index in [0.29, 0.717) is 5.92 Å². The first-order valence-corrected chi connectivity index (χ1v) is 8.64. The lowest BCUT2D eigenvalue weighted by atomic mass is 9.99. The predicted molar refractivity (Wildman–Crippen MR) is 88.6 cm³/mol.